The maximum atomic E-state index is 5.01. The van der Waals surface area contributed by atoms with E-state index in [-0.39, 0.29) is 0 Å². The lowest BCUT2D eigenvalue weighted by Crippen LogP contribution is -2.12. The van der Waals surface area contributed by atoms with Gasteiger partial charge in [0.2, 0.25) is 5.95 Å². The van der Waals surface area contributed by atoms with Crippen molar-refractivity contribution in [1.82, 2.24) is 9.55 Å². The van der Waals surface area contributed by atoms with Crippen molar-refractivity contribution in [1.29, 1.82) is 0 Å². The van der Waals surface area contributed by atoms with Crippen molar-refractivity contribution in [2.75, 3.05) is 25.6 Å². The second-order valence-electron chi connectivity index (χ2n) is 3.49. The predicted molar refractivity (Wildman–Crippen MR) is 76.6 cm³/mol. The second-order valence-corrected chi connectivity index (χ2v) is 4.65. The molecule has 1 aromatic carbocycles. The van der Waals surface area contributed by atoms with Gasteiger partial charge in [0, 0.05) is 29.6 Å². The minimum absolute atomic E-state index is 0.665. The molecule has 0 atom stereocenters. The van der Waals surface area contributed by atoms with Crippen LogP contribution in [0.5, 0.6) is 0 Å². The average molecular weight is 343 g/mol. The van der Waals surface area contributed by atoms with Crippen LogP contribution in [0.25, 0.3) is 5.69 Å². The summed E-state index contributed by atoms with van der Waals surface area (Å²) in [6.07, 6.45) is 3.74. The Hall–Kier alpha value is -1.08. The standard InChI is InChI=1S/C12H14IN3O/c1-17-9-7-15-12-14-6-8-16(12)11-5-3-2-4-10(11)13/h2-6,8H,7,9H2,1H3,(H,14,15). The monoisotopic (exact) mass is 343 g/mol. The minimum atomic E-state index is 0.665. The van der Waals surface area contributed by atoms with Gasteiger partial charge >= 0.3 is 0 Å². The number of benzene rings is 1. The number of nitrogens with one attached hydrogen (secondary N) is 1. The molecule has 1 N–H and O–H groups in total. The number of aromatic nitrogens is 2. The fourth-order valence-corrected chi connectivity index (χ4v) is 2.19. The molecule has 0 radical (unpaired) electrons. The maximum Gasteiger partial charge on any atom is 0.207 e. The van der Waals surface area contributed by atoms with E-state index >= 15 is 0 Å². The van der Waals surface area contributed by atoms with Crippen LogP contribution in [0.3, 0.4) is 0 Å². The van der Waals surface area contributed by atoms with E-state index < -0.39 is 0 Å². The van der Waals surface area contributed by atoms with E-state index in [0.29, 0.717) is 6.61 Å². The number of ether oxygens (including phenoxy) is 1. The van der Waals surface area contributed by atoms with Gasteiger partial charge in [-0.25, -0.2) is 4.98 Å². The molecule has 90 valence electrons. The molecule has 0 amide bonds. The summed E-state index contributed by atoms with van der Waals surface area (Å²) >= 11 is 2.32. The lowest BCUT2D eigenvalue weighted by molar-refractivity contribution is 0.210. The minimum Gasteiger partial charge on any atom is -0.383 e. The smallest absolute Gasteiger partial charge is 0.207 e. The van der Waals surface area contributed by atoms with E-state index in [9.17, 15) is 0 Å². The number of imidazole rings is 1. The van der Waals surface area contributed by atoms with Gasteiger partial charge < -0.3 is 10.1 Å². The van der Waals surface area contributed by atoms with Gasteiger partial charge in [0.25, 0.3) is 0 Å². The van der Waals surface area contributed by atoms with Crippen molar-refractivity contribution in [3.8, 4) is 5.69 Å². The zero-order valence-electron chi connectivity index (χ0n) is 9.56. The highest BCUT2D eigenvalue weighted by Gasteiger charge is 2.06. The molecule has 17 heavy (non-hydrogen) atoms. The Balaban J connectivity index is 2.22. The van der Waals surface area contributed by atoms with Crippen LogP contribution in [0.4, 0.5) is 5.95 Å². The molecular formula is C12H14IN3O. The molecule has 5 heteroatoms. The molecule has 0 aliphatic heterocycles. The van der Waals surface area contributed by atoms with E-state index in [4.69, 9.17) is 4.74 Å². The molecule has 0 saturated carbocycles. The fourth-order valence-electron chi connectivity index (χ4n) is 1.54. The Bertz CT molecular complexity index is 484. The summed E-state index contributed by atoms with van der Waals surface area (Å²) in [6, 6.07) is 8.20. The molecule has 1 heterocycles. The largest absolute Gasteiger partial charge is 0.383 e. The van der Waals surface area contributed by atoms with Crippen molar-refractivity contribution in [2.45, 2.75) is 0 Å². The van der Waals surface area contributed by atoms with Crippen molar-refractivity contribution in [2.24, 2.45) is 0 Å². The number of halogens is 1. The number of nitrogens with zero attached hydrogens (tertiary/aromatic N) is 2. The van der Waals surface area contributed by atoms with Gasteiger partial charge in [0.1, 0.15) is 0 Å². The molecule has 0 aliphatic carbocycles. The van der Waals surface area contributed by atoms with Crippen molar-refractivity contribution in [3.63, 3.8) is 0 Å². The van der Waals surface area contributed by atoms with E-state index in [1.54, 1.807) is 13.3 Å². The van der Waals surface area contributed by atoms with Gasteiger partial charge in [-0.15, -0.1) is 0 Å². The first-order valence-electron chi connectivity index (χ1n) is 5.34. The van der Waals surface area contributed by atoms with Crippen LogP contribution >= 0.6 is 22.6 Å². The summed E-state index contributed by atoms with van der Waals surface area (Å²) in [6.45, 7) is 1.41. The number of rotatable bonds is 5. The van der Waals surface area contributed by atoms with Gasteiger partial charge in [-0.05, 0) is 34.7 Å². The first-order valence-corrected chi connectivity index (χ1v) is 6.42. The van der Waals surface area contributed by atoms with E-state index in [2.05, 4.69) is 45.0 Å². The summed E-state index contributed by atoms with van der Waals surface area (Å²) in [5, 5.41) is 3.24. The van der Waals surface area contributed by atoms with Gasteiger partial charge in [-0.1, -0.05) is 12.1 Å². The normalized spacial score (nSPS) is 10.5. The lowest BCUT2D eigenvalue weighted by atomic mass is 10.3. The summed E-state index contributed by atoms with van der Waals surface area (Å²) < 4.78 is 8.24. The summed E-state index contributed by atoms with van der Waals surface area (Å²) in [5.74, 6) is 0.839. The topological polar surface area (TPSA) is 39.1 Å². The Morgan fingerprint density at radius 1 is 1.41 bits per heavy atom. The molecule has 0 fully saturated rings. The number of para-hydroxylation sites is 1. The third-order valence-electron chi connectivity index (χ3n) is 2.34. The van der Waals surface area contributed by atoms with E-state index in [0.717, 1.165) is 18.2 Å². The molecule has 0 aliphatic rings. The molecule has 0 unspecified atom stereocenters. The van der Waals surface area contributed by atoms with Gasteiger partial charge in [-0.3, -0.25) is 4.57 Å². The zero-order valence-corrected chi connectivity index (χ0v) is 11.7. The highest BCUT2D eigenvalue weighted by Crippen LogP contribution is 2.19. The van der Waals surface area contributed by atoms with Crippen molar-refractivity contribution in [3.05, 3.63) is 40.2 Å². The molecule has 0 saturated heterocycles. The van der Waals surface area contributed by atoms with Crippen molar-refractivity contribution >= 4 is 28.5 Å². The van der Waals surface area contributed by atoms with E-state index in [1.807, 2.05) is 22.9 Å². The lowest BCUT2D eigenvalue weighted by Gasteiger charge is -2.10. The molecule has 2 aromatic rings. The number of hydrogen-bond donors (Lipinski definition) is 1. The molecule has 0 spiro atoms. The second kappa shape index (κ2) is 6.02. The van der Waals surface area contributed by atoms with E-state index in [1.165, 1.54) is 3.57 Å². The summed E-state index contributed by atoms with van der Waals surface area (Å²) in [5.41, 5.74) is 1.13. The molecule has 2 rings (SSSR count). The van der Waals surface area contributed by atoms with Crippen LogP contribution in [-0.4, -0.2) is 29.8 Å². The van der Waals surface area contributed by atoms with Crippen LogP contribution in [0.2, 0.25) is 0 Å². The third-order valence-corrected chi connectivity index (χ3v) is 3.25. The Morgan fingerprint density at radius 2 is 2.24 bits per heavy atom. The van der Waals surface area contributed by atoms with Gasteiger partial charge in [0.05, 0.1) is 12.3 Å². The highest BCUT2D eigenvalue weighted by atomic mass is 127. The number of hydrogen-bond acceptors (Lipinski definition) is 3. The van der Waals surface area contributed by atoms with Crippen LogP contribution in [0, 0.1) is 3.57 Å². The molecule has 0 bridgehead atoms. The summed E-state index contributed by atoms with van der Waals surface area (Å²) in [4.78, 5) is 4.30. The van der Waals surface area contributed by atoms with Crippen LogP contribution in [0.1, 0.15) is 0 Å². The fraction of sp³-hybridized carbons (Fsp3) is 0.250. The molecule has 1 aromatic heterocycles. The average Bonchev–Trinajstić information content (AvgIpc) is 2.78. The predicted octanol–water partition coefficient (Wildman–Crippen LogP) is 2.54. The Kier molecular flexibility index (Phi) is 4.38. The quantitative estimate of drug-likeness (QED) is 0.670. The maximum absolute atomic E-state index is 5.01. The zero-order chi connectivity index (χ0) is 12.1. The highest BCUT2D eigenvalue weighted by molar-refractivity contribution is 14.1. The molecule has 4 nitrogen and oxygen atoms in total. The first-order chi connectivity index (χ1) is 8.33. The van der Waals surface area contributed by atoms with Crippen LogP contribution in [0.15, 0.2) is 36.7 Å². The van der Waals surface area contributed by atoms with Crippen LogP contribution in [-0.2, 0) is 4.74 Å². The van der Waals surface area contributed by atoms with Gasteiger partial charge in [-0.2, -0.15) is 0 Å². The Morgan fingerprint density at radius 3 is 3.00 bits per heavy atom. The SMILES string of the molecule is COCCNc1nccn1-c1ccccc1I. The number of anilines is 1. The molecular weight excluding hydrogens is 329 g/mol. The number of methoxy groups -OCH3 is 1. The van der Waals surface area contributed by atoms with Crippen molar-refractivity contribution < 1.29 is 4.74 Å². The first kappa shape index (κ1) is 12.4. The van der Waals surface area contributed by atoms with Crippen LogP contribution < -0.4 is 5.32 Å². The Labute approximate surface area is 114 Å². The summed E-state index contributed by atoms with van der Waals surface area (Å²) in [7, 11) is 1.69. The third kappa shape index (κ3) is 2.98. The van der Waals surface area contributed by atoms with Gasteiger partial charge in [0.15, 0.2) is 0 Å².